The maximum absolute atomic E-state index is 13.4. The van der Waals surface area contributed by atoms with Gasteiger partial charge < -0.3 is 24.3 Å². The van der Waals surface area contributed by atoms with Crippen LogP contribution in [0, 0.1) is 17.2 Å². The summed E-state index contributed by atoms with van der Waals surface area (Å²) in [6.07, 6.45) is 6.39. The molecule has 46 heavy (non-hydrogen) atoms. The molecule has 3 fully saturated rings. The molecular formula is C36H42ClN7O2. The van der Waals surface area contributed by atoms with Crippen LogP contribution in [0.15, 0.2) is 48.6 Å². The normalized spacial score (nSPS) is 21.7. The zero-order chi connectivity index (χ0) is 31.8. The number of carbonyl (C=O) groups is 1. The quantitative estimate of drug-likeness (QED) is 0.280. The molecule has 0 bridgehead atoms. The number of ether oxygens (including phenoxy) is 1. The summed E-state index contributed by atoms with van der Waals surface area (Å²) in [6, 6.07) is 15.2. The molecule has 0 unspecified atom stereocenters. The van der Waals surface area contributed by atoms with E-state index in [1.165, 1.54) is 19.3 Å². The summed E-state index contributed by atoms with van der Waals surface area (Å²) in [4.78, 5) is 32.3. The molecule has 1 aliphatic carbocycles. The number of anilines is 2. The number of piperazine rings is 1. The number of amides is 1. The van der Waals surface area contributed by atoms with Gasteiger partial charge in [-0.15, -0.1) is 0 Å². The van der Waals surface area contributed by atoms with E-state index in [2.05, 4.69) is 58.7 Å². The second kappa shape index (κ2) is 13.1. The monoisotopic (exact) mass is 639 g/mol. The second-order valence-corrected chi connectivity index (χ2v) is 13.7. The van der Waals surface area contributed by atoms with Gasteiger partial charge in [-0.2, -0.15) is 15.2 Å². The van der Waals surface area contributed by atoms with E-state index >= 15 is 0 Å². The standard InChI is InChI=1S/C36H42ClN7O2/c1-24(20-25-11-12-25)35(45)44-19-18-43(21-27(44)13-15-38)34-29-14-17-42(32-10-4-7-26-6-3-9-30(37)33(26)32)22-31(29)39-36(40-34)46-23-28-8-5-16-41(28)2/h3-4,6-7,9-10,25,27-28H,1,5,8,11-14,16-23H2,2H3/t27-,28-/m0/s1. The fourth-order valence-corrected chi connectivity index (χ4v) is 7.66. The lowest BCUT2D eigenvalue weighted by Gasteiger charge is -2.42. The number of nitriles is 1. The predicted octanol–water partition coefficient (Wildman–Crippen LogP) is 5.61. The number of halogens is 1. The van der Waals surface area contributed by atoms with Crippen molar-refractivity contribution in [1.29, 1.82) is 5.26 Å². The van der Waals surface area contributed by atoms with Crippen molar-refractivity contribution in [3.05, 3.63) is 64.8 Å². The number of likely N-dealkylation sites (tertiary alicyclic amines) is 1. The first-order valence-corrected chi connectivity index (χ1v) is 17.0. The van der Waals surface area contributed by atoms with Crippen molar-refractivity contribution in [3.63, 3.8) is 0 Å². The van der Waals surface area contributed by atoms with Gasteiger partial charge >= 0.3 is 6.01 Å². The number of benzene rings is 2. The molecule has 2 aromatic carbocycles. The van der Waals surface area contributed by atoms with E-state index in [1.54, 1.807) is 0 Å². The number of hydrogen-bond acceptors (Lipinski definition) is 8. The Bertz CT molecular complexity index is 1680. The van der Waals surface area contributed by atoms with Crippen molar-refractivity contribution in [2.75, 3.05) is 56.2 Å². The highest BCUT2D eigenvalue weighted by Gasteiger charge is 2.36. The van der Waals surface area contributed by atoms with Crippen LogP contribution < -0.4 is 14.5 Å². The smallest absolute Gasteiger partial charge is 0.318 e. The van der Waals surface area contributed by atoms with Gasteiger partial charge in [-0.25, -0.2) is 0 Å². The van der Waals surface area contributed by atoms with Gasteiger partial charge in [0.05, 0.1) is 35.8 Å². The Balaban J connectivity index is 1.18. The van der Waals surface area contributed by atoms with E-state index in [0.717, 1.165) is 70.9 Å². The SMILES string of the molecule is C=C(CC1CC1)C(=O)N1CCN(c2nc(OC[C@@H]3CCCN3C)nc3c2CCN(c2cccc4cccc(Cl)c24)C3)C[C@@H]1CC#N. The molecule has 3 aliphatic heterocycles. The molecule has 4 aliphatic rings. The molecule has 1 amide bonds. The molecule has 10 heteroatoms. The maximum atomic E-state index is 13.4. The van der Waals surface area contributed by atoms with Crippen molar-refractivity contribution < 1.29 is 9.53 Å². The summed E-state index contributed by atoms with van der Waals surface area (Å²) in [6.45, 7) is 8.83. The third-order valence-electron chi connectivity index (χ3n) is 10.2. The molecule has 9 nitrogen and oxygen atoms in total. The van der Waals surface area contributed by atoms with Crippen LogP contribution in [0.4, 0.5) is 11.5 Å². The van der Waals surface area contributed by atoms with E-state index in [1.807, 2.05) is 17.0 Å². The van der Waals surface area contributed by atoms with Crippen molar-refractivity contribution in [2.45, 2.75) is 63.6 Å². The predicted molar refractivity (Wildman–Crippen MR) is 181 cm³/mol. The third kappa shape index (κ3) is 6.25. The molecule has 1 saturated carbocycles. The number of aromatic nitrogens is 2. The summed E-state index contributed by atoms with van der Waals surface area (Å²) in [5, 5.41) is 12.6. The molecule has 0 N–H and O–H groups in total. The van der Waals surface area contributed by atoms with Gasteiger partial charge in [0.2, 0.25) is 5.91 Å². The number of hydrogen-bond donors (Lipinski definition) is 0. The highest BCUT2D eigenvalue weighted by molar-refractivity contribution is 6.36. The van der Waals surface area contributed by atoms with Gasteiger partial charge in [0.1, 0.15) is 12.4 Å². The topological polar surface area (TPSA) is 88.8 Å². The number of rotatable bonds is 9. The summed E-state index contributed by atoms with van der Waals surface area (Å²) in [7, 11) is 2.14. The van der Waals surface area contributed by atoms with Crippen LogP contribution in [0.1, 0.15) is 49.8 Å². The third-order valence-corrected chi connectivity index (χ3v) is 10.5. The van der Waals surface area contributed by atoms with E-state index in [9.17, 15) is 10.1 Å². The van der Waals surface area contributed by atoms with E-state index in [0.29, 0.717) is 56.3 Å². The molecule has 1 aromatic heterocycles. The van der Waals surface area contributed by atoms with Gasteiger partial charge in [-0.1, -0.05) is 42.4 Å². The van der Waals surface area contributed by atoms with Gasteiger partial charge in [0, 0.05) is 54.4 Å². The minimum Gasteiger partial charge on any atom is -0.462 e. The largest absolute Gasteiger partial charge is 0.462 e. The Labute approximate surface area is 276 Å². The lowest BCUT2D eigenvalue weighted by molar-refractivity contribution is -0.129. The fourth-order valence-electron chi connectivity index (χ4n) is 7.38. The van der Waals surface area contributed by atoms with Crippen molar-refractivity contribution in [2.24, 2.45) is 5.92 Å². The average molecular weight is 640 g/mol. The fraction of sp³-hybridized carbons (Fsp3) is 0.500. The highest BCUT2D eigenvalue weighted by atomic mass is 35.5. The highest BCUT2D eigenvalue weighted by Crippen LogP contribution is 2.38. The van der Waals surface area contributed by atoms with Crippen LogP contribution in [-0.2, 0) is 17.8 Å². The van der Waals surface area contributed by atoms with Gasteiger partial charge in [0.25, 0.3) is 0 Å². The molecule has 0 spiro atoms. The van der Waals surface area contributed by atoms with E-state index in [-0.39, 0.29) is 18.4 Å². The Morgan fingerprint density at radius 2 is 1.89 bits per heavy atom. The summed E-state index contributed by atoms with van der Waals surface area (Å²) >= 11 is 6.73. The lowest BCUT2D eigenvalue weighted by atomic mass is 10.0. The zero-order valence-electron chi connectivity index (χ0n) is 26.6. The first-order chi connectivity index (χ1) is 22.4. The molecule has 2 saturated heterocycles. The minimum atomic E-state index is -0.234. The van der Waals surface area contributed by atoms with Crippen LogP contribution in [-0.4, -0.2) is 84.1 Å². The van der Waals surface area contributed by atoms with Gasteiger partial charge in [-0.3, -0.25) is 4.79 Å². The van der Waals surface area contributed by atoms with Gasteiger partial charge in [-0.05, 0) is 75.6 Å². The number of likely N-dealkylation sites (N-methyl/N-ethyl adjacent to an activating group) is 1. The van der Waals surface area contributed by atoms with Crippen molar-refractivity contribution in [3.8, 4) is 12.1 Å². The average Bonchev–Trinajstić information content (AvgIpc) is 3.79. The van der Waals surface area contributed by atoms with E-state index < -0.39 is 0 Å². The number of carbonyl (C=O) groups excluding carboxylic acids is 1. The Morgan fingerprint density at radius 3 is 2.65 bits per heavy atom. The first-order valence-electron chi connectivity index (χ1n) is 16.6. The summed E-state index contributed by atoms with van der Waals surface area (Å²) < 4.78 is 6.34. The molecule has 7 rings (SSSR count). The Kier molecular flexibility index (Phi) is 8.76. The zero-order valence-corrected chi connectivity index (χ0v) is 27.4. The molecule has 4 heterocycles. The number of fused-ring (bicyclic) bond motifs is 2. The van der Waals surface area contributed by atoms with Crippen molar-refractivity contribution in [1.82, 2.24) is 19.8 Å². The molecule has 0 radical (unpaired) electrons. The summed E-state index contributed by atoms with van der Waals surface area (Å²) in [5.41, 5.74) is 3.82. The number of nitrogens with zero attached hydrogens (tertiary/aromatic N) is 7. The molecule has 2 atom stereocenters. The second-order valence-electron chi connectivity index (χ2n) is 13.3. The Hall–Kier alpha value is -3.87. The molecule has 3 aromatic rings. The maximum Gasteiger partial charge on any atom is 0.318 e. The molecular weight excluding hydrogens is 598 g/mol. The molecule has 240 valence electrons. The van der Waals surface area contributed by atoms with Gasteiger partial charge in [0.15, 0.2) is 0 Å². The van der Waals surface area contributed by atoms with Crippen LogP contribution >= 0.6 is 11.6 Å². The van der Waals surface area contributed by atoms with Crippen LogP contribution in [0.2, 0.25) is 5.02 Å². The van der Waals surface area contributed by atoms with Crippen LogP contribution in [0.25, 0.3) is 10.8 Å². The Morgan fingerprint density at radius 1 is 1.07 bits per heavy atom. The van der Waals surface area contributed by atoms with Crippen LogP contribution in [0.3, 0.4) is 0 Å². The van der Waals surface area contributed by atoms with Crippen molar-refractivity contribution >= 4 is 39.8 Å². The minimum absolute atomic E-state index is 0.00869. The first kappa shape index (κ1) is 30.8. The lowest BCUT2D eigenvalue weighted by Crippen LogP contribution is -2.56. The van der Waals surface area contributed by atoms with E-state index in [4.69, 9.17) is 26.3 Å². The van der Waals surface area contributed by atoms with Crippen LogP contribution in [0.5, 0.6) is 6.01 Å². The summed E-state index contributed by atoms with van der Waals surface area (Å²) in [5.74, 6) is 1.44.